The van der Waals surface area contributed by atoms with Crippen molar-refractivity contribution in [1.29, 1.82) is 0 Å². The Kier molecular flexibility index (Phi) is 5.66. The van der Waals surface area contributed by atoms with Crippen molar-refractivity contribution in [3.8, 4) is 11.3 Å². The lowest BCUT2D eigenvalue weighted by Crippen LogP contribution is -2.27. The SMILES string of the molecule is Cc1cc(-c2cc(Cl)ncn2)c(F)cc1[C@@H](C)NC(=O)c1nc(C(C)(C)C)no1. The minimum atomic E-state index is -0.521. The fourth-order valence-corrected chi connectivity index (χ4v) is 2.94. The largest absolute Gasteiger partial charge is 0.341 e. The van der Waals surface area contributed by atoms with Crippen molar-refractivity contribution in [1.82, 2.24) is 25.4 Å². The number of nitrogens with zero attached hydrogens (tertiary/aromatic N) is 4. The first-order chi connectivity index (χ1) is 13.6. The average molecular weight is 418 g/mol. The molecule has 0 saturated heterocycles. The molecule has 1 aromatic carbocycles. The maximum atomic E-state index is 14.7. The maximum Gasteiger partial charge on any atom is 0.315 e. The molecule has 0 radical (unpaired) electrons. The van der Waals surface area contributed by atoms with Crippen LogP contribution >= 0.6 is 11.6 Å². The van der Waals surface area contributed by atoms with E-state index in [2.05, 4.69) is 25.4 Å². The highest BCUT2D eigenvalue weighted by atomic mass is 35.5. The summed E-state index contributed by atoms with van der Waals surface area (Å²) < 4.78 is 19.8. The van der Waals surface area contributed by atoms with Gasteiger partial charge < -0.3 is 9.84 Å². The molecule has 1 amide bonds. The second-order valence-electron chi connectivity index (χ2n) is 7.78. The Labute approximate surface area is 172 Å². The highest BCUT2D eigenvalue weighted by Crippen LogP contribution is 2.28. The molecule has 0 aliphatic heterocycles. The molecule has 3 rings (SSSR count). The number of rotatable bonds is 4. The number of aromatic nitrogens is 4. The van der Waals surface area contributed by atoms with Crippen molar-refractivity contribution < 1.29 is 13.7 Å². The fraction of sp³-hybridized carbons (Fsp3) is 0.350. The molecule has 0 bridgehead atoms. The Hall–Kier alpha value is -2.87. The van der Waals surface area contributed by atoms with E-state index < -0.39 is 17.8 Å². The molecule has 152 valence electrons. The first-order valence-corrected chi connectivity index (χ1v) is 9.37. The summed E-state index contributed by atoms with van der Waals surface area (Å²) in [6.45, 7) is 9.33. The summed E-state index contributed by atoms with van der Waals surface area (Å²) in [4.78, 5) is 24.5. The smallest absolute Gasteiger partial charge is 0.315 e. The van der Waals surface area contributed by atoms with Crippen LogP contribution in [0, 0.1) is 12.7 Å². The fourth-order valence-electron chi connectivity index (χ4n) is 2.80. The van der Waals surface area contributed by atoms with E-state index in [-0.39, 0.29) is 16.5 Å². The van der Waals surface area contributed by atoms with Crippen LogP contribution in [0.4, 0.5) is 4.39 Å². The van der Waals surface area contributed by atoms with Gasteiger partial charge in [0.2, 0.25) is 0 Å². The molecule has 7 nitrogen and oxygen atoms in total. The summed E-state index contributed by atoms with van der Waals surface area (Å²) in [6, 6.07) is 4.05. The molecule has 0 aliphatic rings. The summed E-state index contributed by atoms with van der Waals surface area (Å²) in [6.07, 6.45) is 1.28. The Bertz CT molecular complexity index is 1060. The third kappa shape index (κ3) is 4.59. The summed E-state index contributed by atoms with van der Waals surface area (Å²) in [5.74, 6) is -0.696. The molecule has 2 heterocycles. The summed E-state index contributed by atoms with van der Waals surface area (Å²) >= 11 is 5.87. The van der Waals surface area contributed by atoms with Crippen LogP contribution in [0.5, 0.6) is 0 Å². The van der Waals surface area contributed by atoms with Gasteiger partial charge in [-0.25, -0.2) is 14.4 Å². The molecular weight excluding hydrogens is 397 g/mol. The first-order valence-electron chi connectivity index (χ1n) is 8.99. The van der Waals surface area contributed by atoms with Crippen LogP contribution in [-0.2, 0) is 5.41 Å². The predicted molar refractivity (Wildman–Crippen MR) is 106 cm³/mol. The second kappa shape index (κ2) is 7.87. The van der Waals surface area contributed by atoms with E-state index in [0.717, 1.165) is 5.56 Å². The highest BCUT2D eigenvalue weighted by molar-refractivity contribution is 6.29. The number of carbonyl (C=O) groups is 1. The van der Waals surface area contributed by atoms with Crippen molar-refractivity contribution in [2.45, 2.75) is 46.1 Å². The van der Waals surface area contributed by atoms with Crippen molar-refractivity contribution in [3.63, 3.8) is 0 Å². The minimum absolute atomic E-state index is 0.132. The Morgan fingerprint density at radius 3 is 2.59 bits per heavy atom. The molecule has 0 aliphatic carbocycles. The van der Waals surface area contributed by atoms with Gasteiger partial charge in [0, 0.05) is 17.0 Å². The third-order valence-corrected chi connectivity index (χ3v) is 4.58. The summed E-state index contributed by atoms with van der Waals surface area (Å²) in [7, 11) is 0. The number of nitrogens with one attached hydrogen (secondary N) is 1. The topological polar surface area (TPSA) is 93.8 Å². The minimum Gasteiger partial charge on any atom is -0.341 e. The average Bonchev–Trinajstić information content (AvgIpc) is 3.14. The van der Waals surface area contributed by atoms with E-state index in [9.17, 15) is 9.18 Å². The summed E-state index contributed by atoms with van der Waals surface area (Å²) in [5, 5.41) is 6.84. The molecule has 2 aromatic heterocycles. The second-order valence-corrected chi connectivity index (χ2v) is 8.17. The van der Waals surface area contributed by atoms with Crippen LogP contribution in [0.15, 0.2) is 29.0 Å². The molecule has 0 spiro atoms. The molecule has 9 heteroatoms. The third-order valence-electron chi connectivity index (χ3n) is 4.37. The summed E-state index contributed by atoms with van der Waals surface area (Å²) in [5.41, 5.74) is 1.75. The van der Waals surface area contributed by atoms with Gasteiger partial charge >= 0.3 is 11.8 Å². The zero-order valence-corrected chi connectivity index (χ0v) is 17.5. The van der Waals surface area contributed by atoms with E-state index in [0.29, 0.717) is 22.6 Å². The number of aryl methyl sites for hydroxylation is 1. The Morgan fingerprint density at radius 1 is 1.24 bits per heavy atom. The predicted octanol–water partition coefficient (Wildman–Crippen LogP) is 4.42. The molecule has 1 atom stereocenters. The van der Waals surface area contributed by atoms with E-state index >= 15 is 0 Å². The van der Waals surface area contributed by atoms with E-state index in [1.165, 1.54) is 18.5 Å². The van der Waals surface area contributed by atoms with Crippen molar-refractivity contribution in [2.24, 2.45) is 0 Å². The molecular formula is C20H21ClFN5O2. The van der Waals surface area contributed by atoms with Crippen LogP contribution in [0.1, 0.15) is 61.4 Å². The van der Waals surface area contributed by atoms with Crippen LogP contribution in [0.3, 0.4) is 0 Å². The molecule has 29 heavy (non-hydrogen) atoms. The van der Waals surface area contributed by atoms with Crippen molar-refractivity contribution in [3.05, 3.63) is 58.3 Å². The van der Waals surface area contributed by atoms with Crippen molar-refractivity contribution in [2.75, 3.05) is 0 Å². The van der Waals surface area contributed by atoms with Gasteiger partial charge in [0.25, 0.3) is 0 Å². The number of benzene rings is 1. The van der Waals surface area contributed by atoms with Crippen LogP contribution in [0.25, 0.3) is 11.3 Å². The van der Waals surface area contributed by atoms with Gasteiger partial charge in [0.05, 0.1) is 11.7 Å². The zero-order valence-electron chi connectivity index (χ0n) is 16.7. The standard InChI is InChI=1S/C20H21ClFN5O2/c1-10-6-13(15-8-16(21)24-9-23-15)14(22)7-12(10)11(2)25-17(28)18-26-19(27-29-18)20(3,4)5/h6-9,11H,1-5H3,(H,25,28)/t11-/m1/s1. The number of hydrogen-bond acceptors (Lipinski definition) is 6. The molecule has 1 N–H and O–H groups in total. The van der Waals surface area contributed by atoms with Gasteiger partial charge in [-0.1, -0.05) is 37.5 Å². The van der Waals surface area contributed by atoms with Crippen LogP contribution in [0.2, 0.25) is 5.15 Å². The maximum absolute atomic E-state index is 14.7. The number of carbonyl (C=O) groups excluding carboxylic acids is 1. The van der Waals surface area contributed by atoms with Gasteiger partial charge in [0.15, 0.2) is 5.82 Å². The van der Waals surface area contributed by atoms with Gasteiger partial charge in [-0.3, -0.25) is 4.79 Å². The first kappa shape index (κ1) is 20.9. The number of halogens is 2. The normalized spacial score (nSPS) is 12.7. The van der Waals surface area contributed by atoms with E-state index in [1.807, 2.05) is 27.7 Å². The lowest BCUT2D eigenvalue weighted by molar-refractivity contribution is 0.0895. The monoisotopic (exact) mass is 417 g/mol. The lowest BCUT2D eigenvalue weighted by Gasteiger charge is -2.17. The molecule has 0 fully saturated rings. The quantitative estimate of drug-likeness (QED) is 0.631. The van der Waals surface area contributed by atoms with Crippen LogP contribution < -0.4 is 5.32 Å². The van der Waals surface area contributed by atoms with E-state index in [1.54, 1.807) is 13.0 Å². The zero-order chi connectivity index (χ0) is 21.3. The van der Waals surface area contributed by atoms with Gasteiger partial charge in [-0.2, -0.15) is 4.98 Å². The number of hydrogen-bond donors (Lipinski definition) is 1. The van der Waals surface area contributed by atoms with Gasteiger partial charge in [-0.05, 0) is 37.1 Å². The lowest BCUT2D eigenvalue weighted by atomic mass is 9.96. The van der Waals surface area contributed by atoms with Gasteiger partial charge in [-0.15, -0.1) is 0 Å². The van der Waals surface area contributed by atoms with Crippen LogP contribution in [-0.4, -0.2) is 26.0 Å². The molecule has 0 saturated carbocycles. The molecule has 3 aromatic rings. The molecule has 0 unspecified atom stereocenters. The Balaban J connectivity index is 1.82. The van der Waals surface area contributed by atoms with E-state index in [4.69, 9.17) is 16.1 Å². The Morgan fingerprint density at radius 2 is 1.97 bits per heavy atom. The van der Waals surface area contributed by atoms with Crippen molar-refractivity contribution >= 4 is 17.5 Å². The highest BCUT2D eigenvalue weighted by Gasteiger charge is 2.25. The number of amides is 1. The van der Waals surface area contributed by atoms with Gasteiger partial charge in [0.1, 0.15) is 17.3 Å².